The highest BCUT2D eigenvalue weighted by atomic mass is 16.5. The van der Waals surface area contributed by atoms with Gasteiger partial charge in [0.25, 0.3) is 5.91 Å². The normalized spacial score (nSPS) is 22.8. The fraction of sp³-hybridized carbons (Fsp3) is 0.577. The topological polar surface area (TPSA) is 122 Å². The quantitative estimate of drug-likeness (QED) is 0.573. The molecule has 192 valence electrons. The minimum atomic E-state index is -0.523. The lowest BCUT2D eigenvalue weighted by molar-refractivity contribution is 0.0826. The zero-order valence-electron chi connectivity index (χ0n) is 20.9. The number of hydrogen-bond donors (Lipinski definition) is 2. The van der Waals surface area contributed by atoms with E-state index in [4.69, 9.17) is 14.5 Å². The van der Waals surface area contributed by atoms with E-state index in [1.54, 1.807) is 13.2 Å². The number of methoxy groups -OCH3 is 1. The van der Waals surface area contributed by atoms with Crippen LogP contribution in [0.4, 0.5) is 5.82 Å². The Morgan fingerprint density at radius 1 is 1.25 bits per heavy atom. The Balaban J connectivity index is 1.31. The van der Waals surface area contributed by atoms with E-state index < -0.39 is 6.10 Å². The maximum Gasteiger partial charge on any atom is 0.319 e. The first-order chi connectivity index (χ1) is 17.5. The van der Waals surface area contributed by atoms with Gasteiger partial charge in [0.2, 0.25) is 0 Å². The molecule has 36 heavy (non-hydrogen) atoms. The van der Waals surface area contributed by atoms with E-state index in [0.717, 1.165) is 50.2 Å². The molecule has 1 amide bonds. The van der Waals surface area contributed by atoms with Gasteiger partial charge in [0.05, 0.1) is 31.0 Å². The van der Waals surface area contributed by atoms with Gasteiger partial charge in [-0.3, -0.25) is 14.8 Å². The Hall–Kier alpha value is -3.11. The smallest absolute Gasteiger partial charge is 0.319 e. The van der Waals surface area contributed by atoms with Crippen molar-refractivity contribution in [2.75, 3.05) is 31.7 Å². The predicted molar refractivity (Wildman–Crippen MR) is 135 cm³/mol. The second-order valence-electron chi connectivity index (χ2n) is 9.82. The third kappa shape index (κ3) is 5.34. The van der Waals surface area contributed by atoms with Crippen LogP contribution < -0.4 is 15.0 Å². The van der Waals surface area contributed by atoms with E-state index in [9.17, 15) is 9.90 Å². The number of anilines is 1. The highest BCUT2D eigenvalue weighted by Crippen LogP contribution is 2.30. The van der Waals surface area contributed by atoms with Crippen molar-refractivity contribution in [2.24, 2.45) is 10.9 Å². The van der Waals surface area contributed by atoms with Crippen LogP contribution in [0.15, 0.2) is 29.4 Å². The van der Waals surface area contributed by atoms with Gasteiger partial charge in [0, 0.05) is 49.7 Å². The van der Waals surface area contributed by atoms with Crippen molar-refractivity contribution in [2.45, 2.75) is 63.8 Å². The summed E-state index contributed by atoms with van der Waals surface area (Å²) < 4.78 is 11.1. The van der Waals surface area contributed by atoms with Gasteiger partial charge < -0.3 is 24.8 Å². The van der Waals surface area contributed by atoms with Gasteiger partial charge in [-0.1, -0.05) is 0 Å². The minimum absolute atomic E-state index is 0.150. The molecule has 3 aliphatic rings. The summed E-state index contributed by atoms with van der Waals surface area (Å²) in [6, 6.07) is 5.70. The molecule has 1 saturated carbocycles. The number of aromatic nitrogens is 3. The molecule has 2 aromatic rings. The number of nitrogens with zero attached hydrogens (tertiary/aromatic N) is 5. The Bertz CT molecular complexity index is 1120. The van der Waals surface area contributed by atoms with Crippen LogP contribution in [0.25, 0.3) is 0 Å². The molecule has 10 nitrogen and oxygen atoms in total. The van der Waals surface area contributed by atoms with Crippen molar-refractivity contribution in [1.82, 2.24) is 20.3 Å². The van der Waals surface area contributed by atoms with E-state index in [1.807, 2.05) is 19.2 Å². The van der Waals surface area contributed by atoms with Gasteiger partial charge in [-0.05, 0) is 51.2 Å². The van der Waals surface area contributed by atoms with Crippen LogP contribution in [0.2, 0.25) is 0 Å². The molecule has 0 aromatic carbocycles. The molecule has 2 aliphatic heterocycles. The summed E-state index contributed by atoms with van der Waals surface area (Å²) in [5.41, 5.74) is 3.63. The van der Waals surface area contributed by atoms with E-state index >= 15 is 0 Å². The number of carbonyl (C=O) groups is 1. The SMILES string of the molecule is COC[C@@H](C)Oc1nc(C(=O)N[C@@H]2CCC[C@@H]2O)cc(N2CCC(C3=NCc4ncccc43)CC2)n1. The summed E-state index contributed by atoms with van der Waals surface area (Å²) in [5.74, 6) is 0.710. The van der Waals surface area contributed by atoms with Crippen molar-refractivity contribution >= 4 is 17.4 Å². The summed E-state index contributed by atoms with van der Waals surface area (Å²) in [5, 5.41) is 13.1. The lowest BCUT2D eigenvalue weighted by Gasteiger charge is -2.33. The van der Waals surface area contributed by atoms with Gasteiger partial charge in [0.1, 0.15) is 17.6 Å². The zero-order chi connectivity index (χ0) is 25.1. The van der Waals surface area contributed by atoms with Crippen LogP contribution in [0.1, 0.15) is 60.8 Å². The molecule has 1 saturated heterocycles. The van der Waals surface area contributed by atoms with Crippen LogP contribution in [0.3, 0.4) is 0 Å². The van der Waals surface area contributed by atoms with Gasteiger partial charge >= 0.3 is 6.01 Å². The number of hydrogen-bond acceptors (Lipinski definition) is 9. The molecule has 2 fully saturated rings. The lowest BCUT2D eigenvalue weighted by Crippen LogP contribution is -2.40. The molecular formula is C26H34N6O4. The molecule has 1 aliphatic carbocycles. The van der Waals surface area contributed by atoms with E-state index in [2.05, 4.69) is 31.2 Å². The second kappa shape index (κ2) is 10.9. The number of rotatable bonds is 8. The molecule has 2 N–H and O–H groups in total. The third-order valence-electron chi connectivity index (χ3n) is 7.20. The van der Waals surface area contributed by atoms with Crippen molar-refractivity contribution in [1.29, 1.82) is 0 Å². The monoisotopic (exact) mass is 494 g/mol. The molecule has 10 heteroatoms. The first-order valence-electron chi connectivity index (χ1n) is 12.8. The Morgan fingerprint density at radius 2 is 2.08 bits per heavy atom. The summed E-state index contributed by atoms with van der Waals surface area (Å²) in [6.45, 7) is 4.48. The summed E-state index contributed by atoms with van der Waals surface area (Å²) in [7, 11) is 1.61. The van der Waals surface area contributed by atoms with Crippen molar-refractivity contribution in [3.63, 3.8) is 0 Å². The number of aliphatic hydroxyl groups is 1. The van der Waals surface area contributed by atoms with Gasteiger partial charge in [-0.25, -0.2) is 0 Å². The number of fused-ring (bicyclic) bond motifs is 1. The number of carbonyl (C=O) groups excluding carboxylic acids is 1. The number of piperidine rings is 1. The summed E-state index contributed by atoms with van der Waals surface area (Å²) in [4.78, 5) is 33.5. The molecule has 0 spiro atoms. The third-order valence-corrected chi connectivity index (χ3v) is 7.20. The average molecular weight is 495 g/mol. The molecule has 3 atom stereocenters. The van der Waals surface area contributed by atoms with E-state index in [1.165, 1.54) is 5.56 Å². The Morgan fingerprint density at radius 3 is 2.83 bits per heavy atom. The molecule has 0 unspecified atom stereocenters. The number of nitrogens with one attached hydrogen (secondary N) is 1. The van der Waals surface area contributed by atoms with Crippen molar-refractivity contribution in [3.05, 3.63) is 41.3 Å². The maximum absolute atomic E-state index is 13.1. The first kappa shape index (κ1) is 24.6. The van der Waals surface area contributed by atoms with Gasteiger partial charge in [0.15, 0.2) is 0 Å². The maximum atomic E-state index is 13.1. The predicted octanol–water partition coefficient (Wildman–Crippen LogP) is 2.15. The summed E-state index contributed by atoms with van der Waals surface area (Å²) >= 11 is 0. The van der Waals surface area contributed by atoms with Crippen molar-refractivity contribution in [3.8, 4) is 6.01 Å². The first-order valence-corrected chi connectivity index (χ1v) is 12.8. The molecular weight excluding hydrogens is 460 g/mol. The summed E-state index contributed by atoms with van der Waals surface area (Å²) in [6.07, 6.45) is 5.25. The number of pyridine rings is 1. The van der Waals surface area contributed by atoms with Crippen LogP contribution in [-0.2, 0) is 11.3 Å². The largest absolute Gasteiger partial charge is 0.458 e. The molecule has 0 bridgehead atoms. The fourth-order valence-corrected chi connectivity index (χ4v) is 5.32. The Kier molecular flexibility index (Phi) is 7.43. The minimum Gasteiger partial charge on any atom is -0.458 e. The zero-order valence-corrected chi connectivity index (χ0v) is 20.9. The molecule has 2 aromatic heterocycles. The average Bonchev–Trinajstić information content (AvgIpc) is 3.50. The lowest BCUT2D eigenvalue weighted by atomic mass is 9.88. The molecule has 5 rings (SSSR count). The van der Waals surface area contributed by atoms with Crippen LogP contribution in [-0.4, -0.2) is 76.7 Å². The number of ether oxygens (including phenoxy) is 2. The van der Waals surface area contributed by atoms with Gasteiger partial charge in [-0.2, -0.15) is 9.97 Å². The fourth-order valence-electron chi connectivity index (χ4n) is 5.32. The number of amides is 1. The van der Waals surface area contributed by atoms with Crippen LogP contribution in [0, 0.1) is 5.92 Å². The highest BCUT2D eigenvalue weighted by molar-refractivity contribution is 6.04. The Labute approximate surface area is 211 Å². The molecule has 4 heterocycles. The second-order valence-corrected chi connectivity index (χ2v) is 9.82. The van der Waals surface area contributed by atoms with E-state index in [0.29, 0.717) is 31.3 Å². The molecule has 0 radical (unpaired) electrons. The van der Waals surface area contributed by atoms with Gasteiger partial charge in [-0.15, -0.1) is 0 Å². The number of aliphatic imine (C=N–C) groups is 1. The number of aliphatic hydroxyl groups excluding tert-OH is 1. The standard InChI is InChI=1S/C26H34N6O4/c1-16(15-35-2)36-26-30-20(25(34)29-19-6-3-7-22(19)33)13-23(31-26)32-11-8-17(9-12-32)24-18-5-4-10-27-21(18)14-28-24/h4-5,10,13,16-17,19,22,33H,3,6-9,11-12,14-15H2,1-2H3,(H,29,34)/t16-,19-,22+/m1/s1. The highest BCUT2D eigenvalue weighted by Gasteiger charge is 2.31. The van der Waals surface area contributed by atoms with E-state index in [-0.39, 0.29) is 29.8 Å². The van der Waals surface area contributed by atoms with Crippen LogP contribution in [0.5, 0.6) is 6.01 Å². The van der Waals surface area contributed by atoms with Crippen LogP contribution >= 0.6 is 0 Å². The van der Waals surface area contributed by atoms with Crippen molar-refractivity contribution < 1.29 is 19.4 Å².